The summed E-state index contributed by atoms with van der Waals surface area (Å²) in [6, 6.07) is 1.74. The van der Waals surface area contributed by atoms with E-state index < -0.39 is 11.2 Å². The quantitative estimate of drug-likeness (QED) is 0.837. The smallest absolute Gasteiger partial charge is 0.313 e. The maximum absolute atomic E-state index is 11.8. The Hall–Kier alpha value is -2.21. The molecule has 2 atom stereocenters. The zero-order valence-corrected chi connectivity index (χ0v) is 11.1. The topological polar surface area (TPSA) is 91.5 Å². The van der Waals surface area contributed by atoms with Crippen LogP contribution in [-0.2, 0) is 0 Å². The third-order valence-corrected chi connectivity index (χ3v) is 3.71. The van der Waals surface area contributed by atoms with Gasteiger partial charge in [0.15, 0.2) is 5.15 Å². The molecule has 3 rings (SSSR count). The zero-order valence-electron chi connectivity index (χ0n) is 10.4. The third-order valence-electron chi connectivity index (χ3n) is 3.41. The van der Waals surface area contributed by atoms with Crippen molar-refractivity contribution in [2.24, 2.45) is 5.92 Å². The van der Waals surface area contributed by atoms with Gasteiger partial charge in [0, 0.05) is 6.20 Å². The monoisotopic (exact) mass is 290 g/mol. The average molecular weight is 291 g/mol. The second-order valence-electron chi connectivity index (χ2n) is 4.70. The Morgan fingerprint density at radius 1 is 1.40 bits per heavy atom. The van der Waals surface area contributed by atoms with Gasteiger partial charge in [0.2, 0.25) is 0 Å². The summed E-state index contributed by atoms with van der Waals surface area (Å²) in [5.41, 5.74) is 0.428. The lowest BCUT2D eigenvalue weighted by Crippen LogP contribution is -2.22. The number of H-pyrrole nitrogens is 2. The van der Waals surface area contributed by atoms with Gasteiger partial charge in [0.1, 0.15) is 5.69 Å². The highest BCUT2D eigenvalue weighted by molar-refractivity contribution is 6.30. The molecule has 2 heterocycles. The SMILES string of the molecule is C=C[C@H]1C[C@@H]1c1cc(-c2c[nH]c(=O)[nH]c2=O)nnc1Cl. The van der Waals surface area contributed by atoms with Crippen LogP contribution in [0.2, 0.25) is 5.15 Å². The van der Waals surface area contributed by atoms with Crippen molar-refractivity contribution in [2.75, 3.05) is 0 Å². The summed E-state index contributed by atoms with van der Waals surface area (Å²) in [5, 5.41) is 8.13. The molecule has 0 radical (unpaired) electrons. The van der Waals surface area contributed by atoms with Gasteiger partial charge < -0.3 is 4.98 Å². The van der Waals surface area contributed by atoms with Crippen LogP contribution in [0, 0.1) is 5.92 Å². The Kier molecular flexibility index (Phi) is 3.02. The molecule has 1 aliphatic rings. The molecule has 0 aromatic carbocycles. The fraction of sp³-hybridized carbons (Fsp3) is 0.231. The number of nitrogens with zero attached hydrogens (tertiary/aromatic N) is 2. The van der Waals surface area contributed by atoms with Crippen LogP contribution in [0.3, 0.4) is 0 Å². The summed E-state index contributed by atoms with van der Waals surface area (Å²) < 4.78 is 0. The summed E-state index contributed by atoms with van der Waals surface area (Å²) in [4.78, 5) is 27.3. The van der Waals surface area contributed by atoms with Crippen molar-refractivity contribution in [3.05, 3.63) is 56.5 Å². The number of allylic oxidation sites excluding steroid dienone is 1. The van der Waals surface area contributed by atoms with Crippen molar-refractivity contribution in [2.45, 2.75) is 12.3 Å². The van der Waals surface area contributed by atoms with Gasteiger partial charge in [0.05, 0.1) is 5.56 Å². The molecule has 2 aromatic heterocycles. The minimum atomic E-state index is -0.560. The minimum absolute atomic E-state index is 0.255. The van der Waals surface area contributed by atoms with Crippen LogP contribution in [-0.4, -0.2) is 20.2 Å². The van der Waals surface area contributed by atoms with Gasteiger partial charge >= 0.3 is 5.69 Å². The molecule has 0 saturated heterocycles. The first-order valence-electron chi connectivity index (χ1n) is 6.08. The lowest BCUT2D eigenvalue weighted by Gasteiger charge is -2.04. The van der Waals surface area contributed by atoms with Gasteiger partial charge in [-0.3, -0.25) is 9.78 Å². The molecule has 0 amide bonds. The Labute approximate surface area is 118 Å². The van der Waals surface area contributed by atoms with Crippen molar-refractivity contribution < 1.29 is 0 Å². The molecule has 2 N–H and O–H groups in total. The number of hydrogen-bond acceptors (Lipinski definition) is 4. The number of halogens is 1. The van der Waals surface area contributed by atoms with E-state index in [4.69, 9.17) is 11.6 Å². The summed E-state index contributed by atoms with van der Waals surface area (Å²) in [6.45, 7) is 3.76. The van der Waals surface area contributed by atoms with Gasteiger partial charge in [0.25, 0.3) is 5.56 Å². The van der Waals surface area contributed by atoms with E-state index in [0.717, 1.165) is 12.0 Å². The molecule has 7 heteroatoms. The molecule has 2 aromatic rings. The molecule has 6 nitrogen and oxygen atoms in total. The molecule has 1 fully saturated rings. The van der Waals surface area contributed by atoms with Crippen molar-refractivity contribution >= 4 is 11.6 Å². The third kappa shape index (κ3) is 2.18. The maximum Gasteiger partial charge on any atom is 0.325 e. The van der Waals surface area contributed by atoms with Crippen LogP contribution in [0.25, 0.3) is 11.3 Å². The van der Waals surface area contributed by atoms with Crippen LogP contribution >= 0.6 is 11.6 Å². The van der Waals surface area contributed by atoms with Crippen LogP contribution in [0.5, 0.6) is 0 Å². The van der Waals surface area contributed by atoms with E-state index in [1.807, 2.05) is 6.08 Å². The highest BCUT2D eigenvalue weighted by atomic mass is 35.5. The summed E-state index contributed by atoms with van der Waals surface area (Å²) in [5.74, 6) is 0.662. The number of rotatable bonds is 3. The van der Waals surface area contributed by atoms with Crippen molar-refractivity contribution in [3.8, 4) is 11.3 Å². The first kappa shape index (κ1) is 12.8. The van der Waals surface area contributed by atoms with E-state index in [0.29, 0.717) is 16.8 Å². The molecule has 102 valence electrons. The van der Waals surface area contributed by atoms with Gasteiger partial charge in [-0.15, -0.1) is 16.8 Å². The Morgan fingerprint density at radius 3 is 2.85 bits per heavy atom. The molecule has 1 aliphatic carbocycles. The molecule has 1 saturated carbocycles. The first-order valence-corrected chi connectivity index (χ1v) is 6.46. The predicted molar refractivity (Wildman–Crippen MR) is 74.8 cm³/mol. The summed E-state index contributed by atoms with van der Waals surface area (Å²) in [6.07, 6.45) is 4.17. The minimum Gasteiger partial charge on any atom is -0.313 e. The molecule has 20 heavy (non-hydrogen) atoms. The van der Waals surface area contributed by atoms with Crippen LogP contribution in [0.4, 0.5) is 0 Å². The lowest BCUT2D eigenvalue weighted by molar-refractivity contribution is 0.946. The number of hydrogen-bond donors (Lipinski definition) is 2. The van der Waals surface area contributed by atoms with Gasteiger partial charge in [-0.2, -0.15) is 0 Å². The highest BCUT2D eigenvalue weighted by Gasteiger charge is 2.37. The predicted octanol–water partition coefficient (Wildman–Crippen LogP) is 1.46. The molecule has 0 aliphatic heterocycles. The van der Waals surface area contributed by atoms with E-state index in [-0.39, 0.29) is 11.5 Å². The number of nitrogens with one attached hydrogen (secondary N) is 2. The Bertz CT molecular complexity index is 795. The van der Waals surface area contributed by atoms with Crippen molar-refractivity contribution in [1.82, 2.24) is 20.2 Å². The van der Waals surface area contributed by atoms with Crippen molar-refractivity contribution in [3.63, 3.8) is 0 Å². The van der Waals surface area contributed by atoms with Crippen LogP contribution < -0.4 is 11.2 Å². The standard InChI is InChI=1S/C13H11ClN4O2/c1-2-6-3-7(6)8-4-10(17-18-11(8)14)9-5-15-13(20)16-12(9)19/h2,4-7H,1,3H2,(H2,15,16,19,20)/t6-,7-/m0/s1. The molecule has 0 bridgehead atoms. The lowest BCUT2D eigenvalue weighted by atomic mass is 10.1. The fourth-order valence-corrected chi connectivity index (χ4v) is 2.45. The van der Waals surface area contributed by atoms with Gasteiger partial charge in [-0.05, 0) is 29.9 Å². The molecular formula is C13H11ClN4O2. The second kappa shape index (κ2) is 4.72. The van der Waals surface area contributed by atoms with E-state index in [2.05, 4.69) is 26.7 Å². The van der Waals surface area contributed by atoms with E-state index in [9.17, 15) is 9.59 Å². The Morgan fingerprint density at radius 2 is 2.20 bits per heavy atom. The maximum atomic E-state index is 11.8. The fourth-order valence-electron chi connectivity index (χ4n) is 2.22. The molecular weight excluding hydrogens is 280 g/mol. The van der Waals surface area contributed by atoms with E-state index in [1.54, 1.807) is 6.07 Å². The van der Waals surface area contributed by atoms with Crippen molar-refractivity contribution in [1.29, 1.82) is 0 Å². The molecule has 0 unspecified atom stereocenters. The van der Waals surface area contributed by atoms with E-state index >= 15 is 0 Å². The zero-order chi connectivity index (χ0) is 14.3. The summed E-state index contributed by atoms with van der Waals surface area (Å²) in [7, 11) is 0. The normalized spacial score (nSPS) is 20.6. The van der Waals surface area contributed by atoms with Gasteiger partial charge in [-0.1, -0.05) is 17.7 Å². The van der Waals surface area contributed by atoms with Gasteiger partial charge in [-0.25, -0.2) is 4.79 Å². The molecule has 0 spiro atoms. The second-order valence-corrected chi connectivity index (χ2v) is 5.06. The first-order chi connectivity index (χ1) is 9.60. The van der Waals surface area contributed by atoms with Crippen LogP contribution in [0.15, 0.2) is 34.5 Å². The summed E-state index contributed by atoms with van der Waals surface area (Å²) >= 11 is 6.05. The van der Waals surface area contributed by atoms with Crippen LogP contribution in [0.1, 0.15) is 17.9 Å². The number of aromatic nitrogens is 4. The highest BCUT2D eigenvalue weighted by Crippen LogP contribution is 2.50. The average Bonchev–Trinajstić information content (AvgIpc) is 3.19. The largest absolute Gasteiger partial charge is 0.325 e. The Balaban J connectivity index is 2.07. The van der Waals surface area contributed by atoms with E-state index in [1.165, 1.54) is 6.20 Å². The number of aromatic amines is 2.